The fourth-order valence-electron chi connectivity index (χ4n) is 3.37. The number of rotatable bonds is 7. The Morgan fingerprint density at radius 1 is 1.08 bits per heavy atom. The van der Waals surface area contributed by atoms with Gasteiger partial charge in [0.2, 0.25) is 0 Å². The van der Waals surface area contributed by atoms with Crippen molar-refractivity contribution in [3.63, 3.8) is 0 Å². The molecule has 2 aromatic rings. The molecule has 1 atom stereocenters. The minimum Gasteiger partial charge on any atom is -0.497 e. The molecule has 25 heavy (non-hydrogen) atoms. The second-order valence-electron chi connectivity index (χ2n) is 6.63. The number of hydrogen-bond acceptors (Lipinski definition) is 4. The normalized spacial score (nSPS) is 17.8. The molecule has 0 amide bonds. The predicted octanol–water partition coefficient (Wildman–Crippen LogP) is 2.85. The van der Waals surface area contributed by atoms with Gasteiger partial charge in [0, 0.05) is 26.1 Å². The fraction of sp³-hybridized carbons (Fsp3) is 0.429. The highest BCUT2D eigenvalue weighted by Gasteiger charge is 2.30. The highest BCUT2D eigenvalue weighted by atomic mass is 16.5. The Labute approximate surface area is 150 Å². The molecule has 1 heterocycles. The van der Waals surface area contributed by atoms with Gasteiger partial charge in [-0.1, -0.05) is 42.5 Å². The van der Waals surface area contributed by atoms with Crippen LogP contribution in [0.2, 0.25) is 0 Å². The van der Waals surface area contributed by atoms with E-state index in [1.807, 2.05) is 54.6 Å². The van der Waals surface area contributed by atoms with Crippen LogP contribution in [-0.4, -0.2) is 50.0 Å². The summed E-state index contributed by atoms with van der Waals surface area (Å²) in [5, 5.41) is 11.5. The number of hydrogen-bond donors (Lipinski definition) is 1. The molecule has 0 spiro atoms. The zero-order chi connectivity index (χ0) is 17.5. The van der Waals surface area contributed by atoms with Crippen LogP contribution in [0.3, 0.4) is 0 Å². The number of nitrogens with zero attached hydrogens (tertiary/aromatic N) is 1. The Kier molecular flexibility index (Phi) is 6.08. The van der Waals surface area contributed by atoms with E-state index in [-0.39, 0.29) is 0 Å². The number of benzene rings is 2. The summed E-state index contributed by atoms with van der Waals surface area (Å²) >= 11 is 0. The predicted molar refractivity (Wildman–Crippen MR) is 98.9 cm³/mol. The molecule has 0 bridgehead atoms. The Hall–Kier alpha value is -1.88. The highest BCUT2D eigenvalue weighted by molar-refractivity contribution is 5.32. The van der Waals surface area contributed by atoms with E-state index in [4.69, 9.17) is 9.47 Å². The van der Waals surface area contributed by atoms with E-state index in [1.165, 1.54) is 0 Å². The SMILES string of the molecule is COc1cccc(CC(O)(CCN2CCOCC2)c2ccccc2)c1. The molecule has 0 radical (unpaired) electrons. The van der Waals surface area contributed by atoms with E-state index in [9.17, 15) is 5.11 Å². The summed E-state index contributed by atoms with van der Waals surface area (Å²) in [5.41, 5.74) is 1.14. The molecule has 4 heteroatoms. The van der Waals surface area contributed by atoms with Crippen LogP contribution in [0.5, 0.6) is 5.75 Å². The van der Waals surface area contributed by atoms with Gasteiger partial charge in [-0.25, -0.2) is 0 Å². The summed E-state index contributed by atoms with van der Waals surface area (Å²) in [5.74, 6) is 0.820. The zero-order valence-corrected chi connectivity index (χ0v) is 14.9. The first-order chi connectivity index (χ1) is 12.2. The first-order valence-corrected chi connectivity index (χ1v) is 8.90. The molecule has 0 aromatic heterocycles. The monoisotopic (exact) mass is 341 g/mol. The maximum absolute atomic E-state index is 11.5. The van der Waals surface area contributed by atoms with Gasteiger partial charge in [0.05, 0.1) is 25.9 Å². The van der Waals surface area contributed by atoms with Crippen molar-refractivity contribution in [1.29, 1.82) is 0 Å². The van der Waals surface area contributed by atoms with Gasteiger partial charge >= 0.3 is 0 Å². The van der Waals surface area contributed by atoms with Crippen molar-refractivity contribution >= 4 is 0 Å². The summed E-state index contributed by atoms with van der Waals surface area (Å²) in [4.78, 5) is 2.36. The van der Waals surface area contributed by atoms with Gasteiger partial charge in [-0.3, -0.25) is 4.90 Å². The maximum Gasteiger partial charge on any atom is 0.119 e. The third kappa shape index (κ3) is 4.82. The summed E-state index contributed by atoms with van der Waals surface area (Å²) in [6, 6.07) is 17.9. The lowest BCUT2D eigenvalue weighted by Gasteiger charge is -2.33. The van der Waals surface area contributed by atoms with Crippen molar-refractivity contribution in [1.82, 2.24) is 4.90 Å². The molecule has 134 valence electrons. The van der Waals surface area contributed by atoms with Crippen LogP contribution in [0.25, 0.3) is 0 Å². The minimum atomic E-state index is -0.897. The third-order valence-electron chi connectivity index (χ3n) is 4.89. The van der Waals surface area contributed by atoms with Gasteiger partial charge in [0.25, 0.3) is 0 Å². The van der Waals surface area contributed by atoms with Crippen LogP contribution in [0.4, 0.5) is 0 Å². The van der Waals surface area contributed by atoms with E-state index >= 15 is 0 Å². The van der Waals surface area contributed by atoms with Crippen molar-refractivity contribution in [2.75, 3.05) is 40.0 Å². The van der Waals surface area contributed by atoms with Gasteiger partial charge in [-0.05, 0) is 29.7 Å². The summed E-state index contributed by atoms with van der Waals surface area (Å²) in [6.45, 7) is 4.28. The van der Waals surface area contributed by atoms with Crippen molar-refractivity contribution in [2.24, 2.45) is 0 Å². The standard InChI is InChI=1S/C21H27NO3/c1-24-20-9-5-6-18(16-20)17-21(23,19-7-3-2-4-8-19)10-11-22-12-14-25-15-13-22/h2-9,16,23H,10-15,17H2,1H3. The quantitative estimate of drug-likeness (QED) is 0.841. The van der Waals surface area contributed by atoms with E-state index in [0.29, 0.717) is 12.8 Å². The van der Waals surface area contributed by atoms with Crippen LogP contribution in [0.15, 0.2) is 54.6 Å². The largest absolute Gasteiger partial charge is 0.497 e. The lowest BCUT2D eigenvalue weighted by Crippen LogP contribution is -2.40. The maximum atomic E-state index is 11.5. The first kappa shape index (κ1) is 17.9. The van der Waals surface area contributed by atoms with Crippen molar-refractivity contribution in [3.8, 4) is 5.75 Å². The zero-order valence-electron chi connectivity index (χ0n) is 14.9. The van der Waals surface area contributed by atoms with Crippen LogP contribution < -0.4 is 4.74 Å². The molecule has 2 aromatic carbocycles. The second-order valence-corrected chi connectivity index (χ2v) is 6.63. The molecule has 0 saturated carbocycles. The first-order valence-electron chi connectivity index (χ1n) is 8.90. The third-order valence-corrected chi connectivity index (χ3v) is 4.89. The van der Waals surface area contributed by atoms with Crippen molar-refractivity contribution in [2.45, 2.75) is 18.4 Å². The Morgan fingerprint density at radius 3 is 2.56 bits per heavy atom. The Bertz CT molecular complexity index is 655. The van der Waals surface area contributed by atoms with Gasteiger partial charge in [0.15, 0.2) is 0 Å². The lowest BCUT2D eigenvalue weighted by atomic mass is 9.84. The topological polar surface area (TPSA) is 41.9 Å². The van der Waals surface area contributed by atoms with Crippen molar-refractivity contribution < 1.29 is 14.6 Å². The molecular weight excluding hydrogens is 314 g/mol. The molecule has 1 unspecified atom stereocenters. The Balaban J connectivity index is 1.78. The van der Waals surface area contributed by atoms with Crippen LogP contribution >= 0.6 is 0 Å². The van der Waals surface area contributed by atoms with E-state index < -0.39 is 5.60 Å². The number of aliphatic hydroxyl groups is 1. The summed E-state index contributed by atoms with van der Waals surface area (Å²) in [7, 11) is 1.67. The number of morpholine rings is 1. The molecular formula is C21H27NO3. The molecule has 0 aliphatic carbocycles. The van der Waals surface area contributed by atoms with Crippen LogP contribution in [-0.2, 0) is 16.8 Å². The second kappa shape index (κ2) is 8.48. The minimum absolute atomic E-state index is 0.568. The fourth-order valence-corrected chi connectivity index (χ4v) is 3.37. The lowest BCUT2D eigenvalue weighted by molar-refractivity contribution is -0.00453. The Morgan fingerprint density at radius 2 is 1.84 bits per heavy atom. The van der Waals surface area contributed by atoms with Crippen molar-refractivity contribution in [3.05, 3.63) is 65.7 Å². The molecule has 1 aliphatic heterocycles. The van der Waals surface area contributed by atoms with E-state index in [0.717, 1.165) is 49.7 Å². The van der Waals surface area contributed by atoms with E-state index in [1.54, 1.807) is 7.11 Å². The van der Waals surface area contributed by atoms with Gasteiger partial charge < -0.3 is 14.6 Å². The highest BCUT2D eigenvalue weighted by Crippen LogP contribution is 2.31. The van der Waals surface area contributed by atoms with E-state index in [2.05, 4.69) is 4.90 Å². The molecule has 1 N–H and O–H groups in total. The number of methoxy groups -OCH3 is 1. The summed E-state index contributed by atoms with van der Waals surface area (Å²) < 4.78 is 10.7. The smallest absolute Gasteiger partial charge is 0.119 e. The van der Waals surface area contributed by atoms with Gasteiger partial charge in [-0.2, -0.15) is 0 Å². The van der Waals surface area contributed by atoms with Gasteiger partial charge in [0.1, 0.15) is 5.75 Å². The molecule has 1 aliphatic rings. The summed E-state index contributed by atoms with van der Waals surface area (Å²) in [6.07, 6.45) is 1.26. The average molecular weight is 341 g/mol. The van der Waals surface area contributed by atoms with Gasteiger partial charge in [-0.15, -0.1) is 0 Å². The number of ether oxygens (including phenoxy) is 2. The molecule has 3 rings (SSSR count). The van der Waals surface area contributed by atoms with Crippen LogP contribution in [0, 0.1) is 0 Å². The average Bonchev–Trinajstić information content (AvgIpc) is 2.68. The molecule has 4 nitrogen and oxygen atoms in total. The van der Waals surface area contributed by atoms with Crippen LogP contribution in [0.1, 0.15) is 17.5 Å². The molecule has 1 fully saturated rings. The molecule has 1 saturated heterocycles.